The van der Waals surface area contributed by atoms with E-state index in [1.165, 1.54) is 10.5 Å². The van der Waals surface area contributed by atoms with Crippen LogP contribution in [-0.4, -0.2) is 50.5 Å². The minimum atomic E-state index is 0.138. The third-order valence-corrected chi connectivity index (χ3v) is 4.77. The number of nitrogens with one attached hydrogen (secondary N) is 1. The molecule has 3 rings (SSSR count). The molecule has 2 aliphatic heterocycles. The van der Waals surface area contributed by atoms with Crippen LogP contribution in [0.25, 0.3) is 0 Å². The van der Waals surface area contributed by atoms with Crippen molar-refractivity contribution in [2.75, 3.05) is 45.6 Å². The molecule has 0 aromatic heterocycles. The number of benzene rings is 1. The number of nitrogens with zero attached hydrogens (tertiary/aromatic N) is 1. The number of piperazine rings is 1. The van der Waals surface area contributed by atoms with Crippen molar-refractivity contribution in [3.05, 3.63) is 29.8 Å². The van der Waals surface area contributed by atoms with Gasteiger partial charge >= 0.3 is 0 Å². The maximum Gasteiger partial charge on any atom is 0.0934 e. The lowest BCUT2D eigenvalue weighted by molar-refractivity contribution is -0.149. The van der Waals surface area contributed by atoms with Gasteiger partial charge in [-0.15, -0.1) is 11.8 Å². The maximum absolute atomic E-state index is 5.54. The first-order valence-corrected chi connectivity index (χ1v) is 7.76. The zero-order valence-corrected chi connectivity index (χ0v) is 11.6. The van der Waals surface area contributed by atoms with E-state index in [9.17, 15) is 0 Å². The van der Waals surface area contributed by atoms with E-state index in [-0.39, 0.29) is 5.54 Å². The first-order chi connectivity index (χ1) is 8.85. The summed E-state index contributed by atoms with van der Waals surface area (Å²) < 4.78 is 5.54. The third-order valence-electron chi connectivity index (χ3n) is 4.03. The molecule has 0 aliphatic carbocycles. The van der Waals surface area contributed by atoms with Gasteiger partial charge in [-0.05, 0) is 24.0 Å². The van der Waals surface area contributed by atoms with Gasteiger partial charge in [-0.1, -0.05) is 12.1 Å². The highest BCUT2D eigenvalue weighted by atomic mass is 32.2. The summed E-state index contributed by atoms with van der Waals surface area (Å²) in [6.45, 7) is 6.09. The molecule has 0 saturated carbocycles. The topological polar surface area (TPSA) is 24.5 Å². The second kappa shape index (κ2) is 5.21. The predicted molar refractivity (Wildman–Crippen MR) is 75.2 cm³/mol. The Morgan fingerprint density at radius 3 is 2.33 bits per heavy atom. The second-order valence-electron chi connectivity index (χ2n) is 4.99. The lowest BCUT2D eigenvalue weighted by Gasteiger charge is -2.51. The molecule has 2 aliphatic rings. The molecule has 4 heteroatoms. The molecule has 1 N–H and O–H groups in total. The average molecular weight is 264 g/mol. The molecule has 2 saturated heterocycles. The summed E-state index contributed by atoms with van der Waals surface area (Å²) in [6.07, 6.45) is 2.12. The van der Waals surface area contributed by atoms with E-state index in [0.717, 1.165) is 39.4 Å². The third kappa shape index (κ3) is 2.07. The average Bonchev–Trinajstić information content (AvgIpc) is 2.40. The molecule has 0 atom stereocenters. The lowest BCUT2D eigenvalue weighted by atomic mass is 9.85. The normalized spacial score (nSPS) is 23.6. The Hall–Kier alpha value is -0.550. The second-order valence-corrected chi connectivity index (χ2v) is 5.87. The van der Waals surface area contributed by atoms with Crippen molar-refractivity contribution < 1.29 is 4.74 Å². The van der Waals surface area contributed by atoms with Crippen LogP contribution < -0.4 is 5.32 Å². The van der Waals surface area contributed by atoms with Gasteiger partial charge in [0.05, 0.1) is 18.8 Å². The summed E-state index contributed by atoms with van der Waals surface area (Å²) in [5, 5.41) is 3.42. The van der Waals surface area contributed by atoms with Crippen LogP contribution in [0.2, 0.25) is 0 Å². The van der Waals surface area contributed by atoms with Crippen LogP contribution in [0.3, 0.4) is 0 Å². The molecule has 0 bridgehead atoms. The SMILES string of the molecule is CSc1ccc(C2(N3CCNCC3)COC2)cc1. The Bertz CT molecular complexity index is 397. The van der Waals surface area contributed by atoms with Gasteiger partial charge in [0.2, 0.25) is 0 Å². The predicted octanol–water partition coefficient (Wildman–Crippen LogP) is 1.54. The Labute approximate surface area is 113 Å². The zero-order valence-electron chi connectivity index (χ0n) is 10.8. The Kier molecular flexibility index (Phi) is 3.61. The quantitative estimate of drug-likeness (QED) is 0.837. The van der Waals surface area contributed by atoms with Crippen LogP contribution in [-0.2, 0) is 10.3 Å². The molecule has 0 spiro atoms. The number of hydrogen-bond donors (Lipinski definition) is 1. The molecule has 18 heavy (non-hydrogen) atoms. The molecule has 0 unspecified atom stereocenters. The highest BCUT2D eigenvalue weighted by Gasteiger charge is 2.45. The monoisotopic (exact) mass is 264 g/mol. The van der Waals surface area contributed by atoms with Crippen LogP contribution in [0.4, 0.5) is 0 Å². The molecule has 1 aromatic rings. The molecule has 0 amide bonds. The Morgan fingerprint density at radius 1 is 1.17 bits per heavy atom. The maximum atomic E-state index is 5.54. The molecule has 2 fully saturated rings. The molecule has 1 aromatic carbocycles. The highest BCUT2D eigenvalue weighted by molar-refractivity contribution is 7.98. The summed E-state index contributed by atoms with van der Waals surface area (Å²) in [4.78, 5) is 3.91. The van der Waals surface area contributed by atoms with E-state index < -0.39 is 0 Å². The minimum absolute atomic E-state index is 0.138. The van der Waals surface area contributed by atoms with Crippen LogP contribution in [0.5, 0.6) is 0 Å². The van der Waals surface area contributed by atoms with Crippen molar-refractivity contribution in [3.63, 3.8) is 0 Å². The fourth-order valence-electron chi connectivity index (χ4n) is 2.82. The first kappa shape index (κ1) is 12.5. The van der Waals surface area contributed by atoms with Crippen LogP contribution in [0, 0.1) is 0 Å². The van der Waals surface area contributed by atoms with Crippen molar-refractivity contribution >= 4 is 11.8 Å². The van der Waals surface area contributed by atoms with Gasteiger partial charge in [0.25, 0.3) is 0 Å². The standard InChI is InChI=1S/C14H20N2OS/c1-18-13-4-2-12(3-5-13)14(10-17-11-14)16-8-6-15-7-9-16/h2-5,15H,6-11H2,1H3. The van der Waals surface area contributed by atoms with Gasteiger partial charge < -0.3 is 10.1 Å². The first-order valence-electron chi connectivity index (χ1n) is 6.53. The fraction of sp³-hybridized carbons (Fsp3) is 0.571. The molecule has 2 heterocycles. The molecule has 3 nitrogen and oxygen atoms in total. The molecular weight excluding hydrogens is 244 g/mol. The van der Waals surface area contributed by atoms with Crippen LogP contribution in [0.15, 0.2) is 29.2 Å². The summed E-state index contributed by atoms with van der Waals surface area (Å²) in [6, 6.07) is 9.00. The summed E-state index contributed by atoms with van der Waals surface area (Å²) in [5.74, 6) is 0. The van der Waals surface area contributed by atoms with Gasteiger partial charge in [0.1, 0.15) is 0 Å². The number of hydrogen-bond acceptors (Lipinski definition) is 4. The smallest absolute Gasteiger partial charge is 0.0934 e. The van der Waals surface area contributed by atoms with Gasteiger partial charge in [-0.3, -0.25) is 4.90 Å². The van der Waals surface area contributed by atoms with E-state index in [2.05, 4.69) is 40.7 Å². The Balaban J connectivity index is 1.85. The number of thioether (sulfide) groups is 1. The zero-order chi connectivity index (χ0) is 12.4. The molecule has 98 valence electrons. The van der Waals surface area contributed by atoms with Crippen molar-refractivity contribution in [2.24, 2.45) is 0 Å². The van der Waals surface area contributed by atoms with Gasteiger partial charge in [-0.25, -0.2) is 0 Å². The van der Waals surface area contributed by atoms with Crippen LogP contribution >= 0.6 is 11.8 Å². The van der Waals surface area contributed by atoms with Crippen LogP contribution in [0.1, 0.15) is 5.56 Å². The summed E-state index contributed by atoms with van der Waals surface area (Å²) in [5.41, 5.74) is 1.55. The van der Waals surface area contributed by atoms with Crippen molar-refractivity contribution in [1.82, 2.24) is 10.2 Å². The van der Waals surface area contributed by atoms with Gasteiger partial charge in [-0.2, -0.15) is 0 Å². The van der Waals surface area contributed by atoms with E-state index in [4.69, 9.17) is 4.74 Å². The lowest BCUT2D eigenvalue weighted by Crippen LogP contribution is -2.63. The van der Waals surface area contributed by atoms with E-state index in [1.54, 1.807) is 11.8 Å². The summed E-state index contributed by atoms with van der Waals surface area (Å²) in [7, 11) is 0. The van der Waals surface area contributed by atoms with E-state index in [1.807, 2.05) is 0 Å². The number of rotatable bonds is 3. The van der Waals surface area contributed by atoms with Gasteiger partial charge in [0, 0.05) is 31.1 Å². The number of ether oxygens (including phenoxy) is 1. The largest absolute Gasteiger partial charge is 0.377 e. The fourth-order valence-corrected chi connectivity index (χ4v) is 3.23. The van der Waals surface area contributed by atoms with Crippen molar-refractivity contribution in [2.45, 2.75) is 10.4 Å². The summed E-state index contributed by atoms with van der Waals surface area (Å²) >= 11 is 1.79. The Morgan fingerprint density at radius 2 is 1.83 bits per heavy atom. The molecular formula is C14H20N2OS. The molecule has 0 radical (unpaired) electrons. The van der Waals surface area contributed by atoms with Crippen molar-refractivity contribution in [3.8, 4) is 0 Å². The highest BCUT2D eigenvalue weighted by Crippen LogP contribution is 2.36. The van der Waals surface area contributed by atoms with E-state index in [0.29, 0.717) is 0 Å². The van der Waals surface area contributed by atoms with E-state index >= 15 is 0 Å². The minimum Gasteiger partial charge on any atom is -0.377 e. The van der Waals surface area contributed by atoms with Crippen molar-refractivity contribution in [1.29, 1.82) is 0 Å². The van der Waals surface area contributed by atoms with Gasteiger partial charge in [0.15, 0.2) is 0 Å².